The second-order valence-electron chi connectivity index (χ2n) is 4.16. The molecule has 0 aromatic carbocycles. The third-order valence-corrected chi connectivity index (χ3v) is 2.95. The summed E-state index contributed by atoms with van der Waals surface area (Å²) in [6, 6.07) is 0. The highest BCUT2D eigenvalue weighted by Crippen LogP contribution is 2.30. The van der Waals surface area contributed by atoms with Crippen molar-refractivity contribution in [1.29, 1.82) is 0 Å². The van der Waals surface area contributed by atoms with Crippen LogP contribution in [0.4, 0.5) is 0 Å². The van der Waals surface area contributed by atoms with Gasteiger partial charge in [-0.25, -0.2) is 0 Å². The molecule has 1 rings (SSSR count). The Bertz CT molecular complexity index is 241. The van der Waals surface area contributed by atoms with Crippen LogP contribution in [0, 0.1) is 24.7 Å². The highest BCUT2D eigenvalue weighted by molar-refractivity contribution is 4.88. The van der Waals surface area contributed by atoms with Crippen molar-refractivity contribution < 1.29 is 9.47 Å². The maximum absolute atomic E-state index is 5.70. The molecule has 0 aromatic heterocycles. The lowest BCUT2D eigenvalue weighted by Crippen LogP contribution is -2.37. The quantitative estimate of drug-likeness (QED) is 0.536. The second-order valence-corrected chi connectivity index (χ2v) is 4.16. The molecule has 0 N–H and O–H groups in total. The van der Waals surface area contributed by atoms with Crippen LogP contribution in [-0.4, -0.2) is 19.0 Å². The zero-order valence-corrected chi connectivity index (χ0v) is 9.84. The van der Waals surface area contributed by atoms with Gasteiger partial charge in [-0.2, -0.15) is 0 Å². The molecule has 0 unspecified atom stereocenters. The molecular weight excluding hydrogens is 200 g/mol. The predicted molar refractivity (Wildman–Crippen MR) is 64.6 cm³/mol. The summed E-state index contributed by atoms with van der Waals surface area (Å²) in [6.45, 7) is 0.592. The van der Waals surface area contributed by atoms with Crippen molar-refractivity contribution >= 4 is 0 Å². The van der Waals surface area contributed by atoms with Gasteiger partial charge in [0.05, 0.1) is 0 Å². The van der Waals surface area contributed by atoms with Gasteiger partial charge in [-0.1, -0.05) is 31.1 Å². The Morgan fingerprint density at radius 2 is 1.25 bits per heavy atom. The fraction of sp³-hybridized carbons (Fsp3) is 0.714. The van der Waals surface area contributed by atoms with E-state index in [1.807, 2.05) is 0 Å². The summed E-state index contributed by atoms with van der Waals surface area (Å²) in [5.41, 5.74) is 0. The van der Waals surface area contributed by atoms with Crippen LogP contribution >= 0.6 is 0 Å². The zero-order chi connectivity index (χ0) is 11.7. The van der Waals surface area contributed by atoms with Crippen molar-refractivity contribution in [1.82, 2.24) is 0 Å². The van der Waals surface area contributed by atoms with Crippen LogP contribution in [-0.2, 0) is 9.47 Å². The molecule has 1 fully saturated rings. The number of hydrogen-bond donors (Lipinski definition) is 0. The van der Waals surface area contributed by atoms with Gasteiger partial charge in [0, 0.05) is 12.8 Å². The van der Waals surface area contributed by atoms with Gasteiger partial charge in [0.25, 0.3) is 0 Å². The molecule has 0 aliphatic heterocycles. The van der Waals surface area contributed by atoms with Gasteiger partial charge in [-0.3, -0.25) is 0 Å². The lowest BCUT2D eigenvalue weighted by Gasteiger charge is -2.34. The number of terminal acetylenes is 2. The molecule has 16 heavy (non-hydrogen) atoms. The molecule has 1 aliphatic carbocycles. The van der Waals surface area contributed by atoms with Crippen molar-refractivity contribution in [3.8, 4) is 24.7 Å². The minimum atomic E-state index is -0.529. The molecule has 1 aliphatic rings. The number of rotatable bonds is 4. The van der Waals surface area contributed by atoms with Gasteiger partial charge in [-0.15, -0.1) is 12.8 Å². The van der Waals surface area contributed by atoms with E-state index in [4.69, 9.17) is 22.3 Å². The van der Waals surface area contributed by atoms with Crippen molar-refractivity contribution in [3.63, 3.8) is 0 Å². The van der Waals surface area contributed by atoms with Crippen LogP contribution in [0.25, 0.3) is 0 Å². The van der Waals surface area contributed by atoms with E-state index in [1.54, 1.807) is 0 Å². The Morgan fingerprint density at radius 3 is 1.69 bits per heavy atom. The lowest BCUT2D eigenvalue weighted by atomic mass is 9.95. The molecule has 0 spiro atoms. The fourth-order valence-electron chi connectivity index (χ4n) is 2.12. The van der Waals surface area contributed by atoms with E-state index in [1.165, 1.54) is 19.3 Å². The Kier molecular flexibility index (Phi) is 6.01. The van der Waals surface area contributed by atoms with E-state index in [-0.39, 0.29) is 0 Å². The predicted octanol–water partition coefficient (Wildman–Crippen LogP) is 2.73. The molecule has 88 valence electrons. The molecule has 0 saturated heterocycles. The average molecular weight is 220 g/mol. The second kappa shape index (κ2) is 7.34. The summed E-state index contributed by atoms with van der Waals surface area (Å²) in [5.74, 6) is 4.47. The summed E-state index contributed by atoms with van der Waals surface area (Å²) >= 11 is 0. The largest absolute Gasteiger partial charge is 0.337 e. The minimum absolute atomic E-state index is 0.296. The van der Waals surface area contributed by atoms with Crippen molar-refractivity contribution in [2.75, 3.05) is 13.2 Å². The standard InChI is InChI=1S/C14H20O2/c1-3-12-15-14(16-13-4-2)10-8-6-5-7-9-11-14/h1-2H,5-13H2. The van der Waals surface area contributed by atoms with E-state index in [0.717, 1.165) is 25.7 Å². The summed E-state index contributed by atoms with van der Waals surface area (Å²) in [6.07, 6.45) is 18.3. The minimum Gasteiger partial charge on any atom is -0.337 e. The van der Waals surface area contributed by atoms with E-state index >= 15 is 0 Å². The smallest absolute Gasteiger partial charge is 0.170 e. The molecule has 0 atom stereocenters. The van der Waals surface area contributed by atoms with Gasteiger partial charge < -0.3 is 9.47 Å². The van der Waals surface area contributed by atoms with E-state index < -0.39 is 5.79 Å². The fourth-order valence-corrected chi connectivity index (χ4v) is 2.12. The molecule has 0 radical (unpaired) electrons. The summed E-state index contributed by atoms with van der Waals surface area (Å²) in [7, 11) is 0. The SMILES string of the molecule is C#CCOC1(OCC#C)CCCCCCC1. The summed E-state index contributed by atoms with van der Waals surface area (Å²) in [4.78, 5) is 0. The first-order valence-corrected chi connectivity index (χ1v) is 5.98. The molecule has 0 aromatic rings. The van der Waals surface area contributed by atoms with Crippen LogP contribution in [0.1, 0.15) is 44.9 Å². The van der Waals surface area contributed by atoms with Gasteiger partial charge in [0.1, 0.15) is 13.2 Å². The normalized spacial score (nSPS) is 20.1. The summed E-state index contributed by atoms with van der Waals surface area (Å²) < 4.78 is 11.4. The average Bonchev–Trinajstić information content (AvgIpc) is 2.27. The van der Waals surface area contributed by atoms with E-state index in [0.29, 0.717) is 13.2 Å². The van der Waals surface area contributed by atoms with Gasteiger partial charge in [0.15, 0.2) is 5.79 Å². The Hall–Kier alpha value is -0.960. The topological polar surface area (TPSA) is 18.5 Å². The molecular formula is C14H20O2. The first-order chi connectivity index (χ1) is 7.83. The number of ether oxygens (including phenoxy) is 2. The molecule has 2 heteroatoms. The lowest BCUT2D eigenvalue weighted by molar-refractivity contribution is -0.234. The monoisotopic (exact) mass is 220 g/mol. The highest BCUT2D eigenvalue weighted by Gasteiger charge is 2.31. The van der Waals surface area contributed by atoms with Crippen LogP contribution in [0.5, 0.6) is 0 Å². The van der Waals surface area contributed by atoms with Crippen LogP contribution in [0.15, 0.2) is 0 Å². The first kappa shape index (κ1) is 13.1. The molecule has 0 heterocycles. The third-order valence-electron chi connectivity index (χ3n) is 2.95. The molecule has 2 nitrogen and oxygen atoms in total. The Balaban J connectivity index is 2.58. The molecule has 0 amide bonds. The van der Waals surface area contributed by atoms with Crippen molar-refractivity contribution in [2.24, 2.45) is 0 Å². The molecule has 0 bridgehead atoms. The Labute approximate surface area is 98.7 Å². The van der Waals surface area contributed by atoms with E-state index in [2.05, 4.69) is 11.8 Å². The van der Waals surface area contributed by atoms with Gasteiger partial charge in [0.2, 0.25) is 0 Å². The molecule has 1 saturated carbocycles. The maximum atomic E-state index is 5.70. The van der Waals surface area contributed by atoms with Crippen LogP contribution in [0.2, 0.25) is 0 Å². The van der Waals surface area contributed by atoms with Crippen LogP contribution < -0.4 is 0 Å². The van der Waals surface area contributed by atoms with Gasteiger partial charge in [-0.05, 0) is 12.8 Å². The van der Waals surface area contributed by atoms with Crippen molar-refractivity contribution in [2.45, 2.75) is 50.7 Å². The third kappa shape index (κ3) is 4.27. The first-order valence-electron chi connectivity index (χ1n) is 5.98. The van der Waals surface area contributed by atoms with E-state index in [9.17, 15) is 0 Å². The van der Waals surface area contributed by atoms with Crippen LogP contribution in [0.3, 0.4) is 0 Å². The number of hydrogen-bond acceptors (Lipinski definition) is 2. The van der Waals surface area contributed by atoms with Gasteiger partial charge >= 0.3 is 0 Å². The van der Waals surface area contributed by atoms with Crippen molar-refractivity contribution in [3.05, 3.63) is 0 Å². The maximum Gasteiger partial charge on any atom is 0.170 e. The Morgan fingerprint density at radius 1 is 0.812 bits per heavy atom. The highest BCUT2D eigenvalue weighted by atomic mass is 16.7. The zero-order valence-electron chi connectivity index (χ0n) is 9.84. The summed E-state index contributed by atoms with van der Waals surface area (Å²) in [5, 5.41) is 0.